The summed E-state index contributed by atoms with van der Waals surface area (Å²) in [6, 6.07) is 20.5. The third kappa shape index (κ3) is 5.62. The van der Waals surface area contributed by atoms with Gasteiger partial charge in [0.15, 0.2) is 23.7 Å². The summed E-state index contributed by atoms with van der Waals surface area (Å²) in [4.78, 5) is 24.5. The topological polar surface area (TPSA) is 106 Å². The number of nitrogens with zero attached hydrogens (tertiary/aromatic N) is 1. The number of carbonyl (C=O) groups is 2. The molecular weight excluding hydrogens is 504 g/mol. The van der Waals surface area contributed by atoms with E-state index in [9.17, 15) is 14.7 Å². The number of aliphatic hydroxyl groups is 1. The number of benzene rings is 3. The van der Waals surface area contributed by atoms with Crippen molar-refractivity contribution in [2.24, 2.45) is 5.10 Å². The lowest BCUT2D eigenvalue weighted by Gasteiger charge is -2.27. The van der Waals surface area contributed by atoms with Gasteiger partial charge in [-0.15, -0.1) is 0 Å². The molecule has 0 aliphatic carbocycles. The fourth-order valence-corrected chi connectivity index (χ4v) is 3.57. The molecule has 0 aliphatic heterocycles. The van der Waals surface area contributed by atoms with Crippen LogP contribution in [-0.2, 0) is 19.9 Å². The number of halogens is 1. The summed E-state index contributed by atoms with van der Waals surface area (Å²) >= 11 is 3.41. The predicted molar refractivity (Wildman–Crippen MR) is 130 cm³/mol. The fraction of sp³-hybridized carbons (Fsp3) is 0.160. The minimum Gasteiger partial charge on any atom is -0.493 e. The number of nitrogens with one attached hydrogen (secondary N) is 1. The first-order valence-corrected chi connectivity index (χ1v) is 10.9. The molecule has 0 aliphatic rings. The Bertz CT molecular complexity index is 1130. The van der Waals surface area contributed by atoms with E-state index in [-0.39, 0.29) is 6.61 Å². The van der Waals surface area contributed by atoms with E-state index in [4.69, 9.17) is 9.47 Å². The SMILES string of the molecule is COC(=O)COc1cc(Br)c(/C=N\NC(=O)C(O)(c2ccccc2)c2ccccc2)cc1OC. The van der Waals surface area contributed by atoms with Crippen LogP contribution in [0.4, 0.5) is 0 Å². The van der Waals surface area contributed by atoms with Crippen molar-refractivity contribution in [1.82, 2.24) is 5.43 Å². The second-order valence-electron chi connectivity index (χ2n) is 7.03. The van der Waals surface area contributed by atoms with Crippen LogP contribution in [0.5, 0.6) is 11.5 Å². The minimum atomic E-state index is -1.94. The van der Waals surface area contributed by atoms with Crippen LogP contribution in [0.2, 0.25) is 0 Å². The summed E-state index contributed by atoms with van der Waals surface area (Å²) in [5.41, 5.74) is 1.85. The Balaban J connectivity index is 1.83. The van der Waals surface area contributed by atoms with Crippen LogP contribution in [0.15, 0.2) is 82.4 Å². The molecule has 3 aromatic rings. The number of hydrazone groups is 1. The van der Waals surface area contributed by atoms with Gasteiger partial charge < -0.3 is 19.3 Å². The highest BCUT2D eigenvalue weighted by Gasteiger charge is 2.39. The van der Waals surface area contributed by atoms with E-state index in [1.807, 2.05) is 0 Å². The molecule has 8 nitrogen and oxygen atoms in total. The Morgan fingerprint density at radius 1 is 1.00 bits per heavy atom. The summed E-state index contributed by atoms with van der Waals surface area (Å²) < 4.78 is 15.9. The van der Waals surface area contributed by atoms with Gasteiger partial charge in [-0.25, -0.2) is 10.2 Å². The zero-order chi connectivity index (χ0) is 24.6. The number of esters is 1. The molecule has 3 rings (SSSR count). The van der Waals surface area contributed by atoms with Crippen molar-refractivity contribution in [3.05, 3.63) is 94.0 Å². The summed E-state index contributed by atoms with van der Waals surface area (Å²) in [7, 11) is 2.72. The third-order valence-electron chi connectivity index (χ3n) is 4.94. The molecule has 0 radical (unpaired) electrons. The first kappa shape index (κ1) is 24.9. The average molecular weight is 527 g/mol. The van der Waals surface area contributed by atoms with Crippen LogP contribution in [0.1, 0.15) is 16.7 Å². The molecule has 0 unspecified atom stereocenters. The average Bonchev–Trinajstić information content (AvgIpc) is 2.88. The molecule has 1 amide bonds. The number of rotatable bonds is 9. The van der Waals surface area contributed by atoms with Gasteiger partial charge >= 0.3 is 5.97 Å². The molecule has 0 atom stereocenters. The number of hydrogen-bond acceptors (Lipinski definition) is 7. The molecule has 3 aromatic carbocycles. The molecule has 0 heterocycles. The smallest absolute Gasteiger partial charge is 0.343 e. The molecule has 2 N–H and O–H groups in total. The van der Waals surface area contributed by atoms with Gasteiger partial charge in [-0.05, 0) is 39.2 Å². The standard InChI is InChI=1S/C25H23BrN2O6/c1-32-21-13-17(20(26)14-22(21)34-16-23(29)33-2)15-27-28-24(30)25(31,18-9-5-3-6-10-18)19-11-7-4-8-12-19/h3-15,31H,16H2,1-2H3,(H,28,30)/b27-15-. The van der Waals surface area contributed by atoms with Gasteiger partial charge in [0.25, 0.3) is 5.91 Å². The number of hydrogen-bond donors (Lipinski definition) is 2. The maximum Gasteiger partial charge on any atom is 0.343 e. The zero-order valence-corrected chi connectivity index (χ0v) is 20.1. The molecule has 9 heteroatoms. The van der Waals surface area contributed by atoms with Crippen LogP contribution in [0.25, 0.3) is 0 Å². The summed E-state index contributed by atoms with van der Waals surface area (Å²) in [6.45, 7) is -0.277. The van der Waals surface area contributed by atoms with Crippen LogP contribution in [0.3, 0.4) is 0 Å². The molecule has 176 valence electrons. The number of carbonyl (C=O) groups excluding carboxylic acids is 2. The van der Waals surface area contributed by atoms with Crippen molar-refractivity contribution in [2.45, 2.75) is 5.60 Å². The van der Waals surface area contributed by atoms with Crippen LogP contribution in [0, 0.1) is 0 Å². The second kappa shape index (κ2) is 11.4. The van der Waals surface area contributed by atoms with E-state index >= 15 is 0 Å². The van der Waals surface area contributed by atoms with Crippen molar-refractivity contribution in [3.8, 4) is 11.5 Å². The Hall–Kier alpha value is -3.69. The molecule has 0 fully saturated rings. The van der Waals surface area contributed by atoms with Crippen molar-refractivity contribution < 1.29 is 28.9 Å². The molecule has 34 heavy (non-hydrogen) atoms. The Labute approximate surface area is 205 Å². The van der Waals surface area contributed by atoms with Gasteiger partial charge in [0.2, 0.25) is 0 Å². The Morgan fingerprint density at radius 3 is 2.12 bits per heavy atom. The summed E-state index contributed by atoms with van der Waals surface area (Å²) in [5.74, 6) is -0.577. The van der Waals surface area contributed by atoms with Crippen LogP contribution in [-0.4, -0.2) is 44.0 Å². The monoisotopic (exact) mass is 526 g/mol. The summed E-state index contributed by atoms with van der Waals surface area (Å²) in [6.07, 6.45) is 1.39. The fourth-order valence-electron chi connectivity index (χ4n) is 3.15. The highest BCUT2D eigenvalue weighted by Crippen LogP contribution is 2.33. The normalized spacial score (nSPS) is 11.2. The van der Waals surface area contributed by atoms with Gasteiger partial charge in [-0.1, -0.05) is 60.7 Å². The van der Waals surface area contributed by atoms with E-state index in [1.54, 1.807) is 72.8 Å². The van der Waals surface area contributed by atoms with E-state index < -0.39 is 17.5 Å². The van der Waals surface area contributed by atoms with E-state index in [0.29, 0.717) is 32.7 Å². The largest absolute Gasteiger partial charge is 0.493 e. The van der Waals surface area contributed by atoms with Gasteiger partial charge in [0.1, 0.15) is 0 Å². The number of amides is 1. The first-order chi connectivity index (χ1) is 16.4. The maximum atomic E-state index is 13.1. The van der Waals surface area contributed by atoms with Gasteiger partial charge in [0, 0.05) is 10.0 Å². The molecule has 0 saturated heterocycles. The van der Waals surface area contributed by atoms with Crippen molar-refractivity contribution >= 4 is 34.0 Å². The number of methoxy groups -OCH3 is 2. The third-order valence-corrected chi connectivity index (χ3v) is 5.62. The molecular formula is C25H23BrN2O6. The predicted octanol–water partition coefficient (Wildman–Crippen LogP) is 3.40. The molecule has 0 bridgehead atoms. The molecule has 0 aromatic heterocycles. The highest BCUT2D eigenvalue weighted by molar-refractivity contribution is 9.10. The van der Waals surface area contributed by atoms with E-state index in [0.717, 1.165) is 0 Å². The van der Waals surface area contributed by atoms with E-state index in [2.05, 4.69) is 31.2 Å². The highest BCUT2D eigenvalue weighted by atomic mass is 79.9. The first-order valence-electron chi connectivity index (χ1n) is 10.1. The molecule has 0 spiro atoms. The van der Waals surface area contributed by atoms with Crippen molar-refractivity contribution in [3.63, 3.8) is 0 Å². The van der Waals surface area contributed by atoms with Crippen LogP contribution >= 0.6 is 15.9 Å². The quantitative estimate of drug-likeness (QED) is 0.251. The van der Waals surface area contributed by atoms with Crippen molar-refractivity contribution in [1.29, 1.82) is 0 Å². The lowest BCUT2D eigenvalue weighted by Crippen LogP contribution is -2.43. The lowest BCUT2D eigenvalue weighted by atomic mass is 9.85. The maximum absolute atomic E-state index is 13.1. The number of ether oxygens (including phenoxy) is 3. The van der Waals surface area contributed by atoms with Gasteiger partial charge in [-0.3, -0.25) is 4.79 Å². The van der Waals surface area contributed by atoms with Crippen LogP contribution < -0.4 is 14.9 Å². The zero-order valence-electron chi connectivity index (χ0n) is 18.5. The molecule has 0 saturated carbocycles. The van der Waals surface area contributed by atoms with Gasteiger partial charge in [-0.2, -0.15) is 5.10 Å². The Morgan fingerprint density at radius 2 is 1.59 bits per heavy atom. The minimum absolute atomic E-state index is 0.277. The van der Waals surface area contributed by atoms with E-state index in [1.165, 1.54) is 20.4 Å². The van der Waals surface area contributed by atoms with Gasteiger partial charge in [0.05, 0.1) is 20.4 Å². The van der Waals surface area contributed by atoms with Crippen molar-refractivity contribution in [2.75, 3.05) is 20.8 Å². The summed E-state index contributed by atoms with van der Waals surface area (Å²) in [5, 5.41) is 15.5. The Kier molecular flexibility index (Phi) is 8.39. The lowest BCUT2D eigenvalue weighted by molar-refractivity contribution is -0.143. The second-order valence-corrected chi connectivity index (χ2v) is 7.89.